The molecule has 0 saturated heterocycles. The topological polar surface area (TPSA) is 102 Å². The number of benzene rings is 1. The van der Waals surface area contributed by atoms with Gasteiger partial charge in [0.25, 0.3) is 0 Å². The van der Waals surface area contributed by atoms with E-state index in [0.717, 1.165) is 0 Å². The zero-order valence-electron chi connectivity index (χ0n) is 17.9. The van der Waals surface area contributed by atoms with Gasteiger partial charge >= 0.3 is 0 Å². The average Bonchev–Trinajstić information content (AvgIpc) is 2.94. The van der Waals surface area contributed by atoms with E-state index < -0.39 is 11.9 Å². The molecule has 1 aromatic carbocycles. The second-order valence-corrected chi connectivity index (χ2v) is 8.61. The maximum absolute atomic E-state index is 15.1. The molecule has 1 unspecified atom stereocenters. The van der Waals surface area contributed by atoms with E-state index in [0.29, 0.717) is 52.5 Å². The summed E-state index contributed by atoms with van der Waals surface area (Å²) in [6, 6.07) is 1.23. The summed E-state index contributed by atoms with van der Waals surface area (Å²) >= 11 is 6.30. The van der Waals surface area contributed by atoms with Crippen LogP contribution in [0.25, 0.3) is 11.0 Å². The fraction of sp³-hybridized carbons (Fsp3) is 0.476. The SMILES string of the molecule is Cc1nn([C@@H](C)c2cc(Cl)c(F)c3c2OC(C)CN(C[C@@H](C)O)C3)c2ncnc(N)c12. The van der Waals surface area contributed by atoms with Crippen molar-refractivity contribution in [2.45, 2.75) is 52.5 Å². The van der Waals surface area contributed by atoms with Crippen LogP contribution in [-0.2, 0) is 6.54 Å². The van der Waals surface area contributed by atoms with E-state index in [9.17, 15) is 5.11 Å². The van der Waals surface area contributed by atoms with Gasteiger partial charge in [-0.2, -0.15) is 5.10 Å². The van der Waals surface area contributed by atoms with Crippen LogP contribution in [-0.4, -0.2) is 55.1 Å². The van der Waals surface area contributed by atoms with E-state index in [4.69, 9.17) is 22.1 Å². The molecular weight excluding hydrogens is 423 g/mol. The van der Waals surface area contributed by atoms with E-state index in [1.807, 2.05) is 25.7 Å². The Morgan fingerprint density at radius 3 is 2.84 bits per heavy atom. The van der Waals surface area contributed by atoms with E-state index in [1.54, 1.807) is 17.7 Å². The summed E-state index contributed by atoms with van der Waals surface area (Å²) in [6.07, 6.45) is 0.644. The molecule has 3 heterocycles. The number of fused-ring (bicyclic) bond motifs is 2. The van der Waals surface area contributed by atoms with Gasteiger partial charge in [0.1, 0.15) is 29.8 Å². The minimum Gasteiger partial charge on any atom is -0.489 e. The van der Waals surface area contributed by atoms with E-state index >= 15 is 4.39 Å². The summed E-state index contributed by atoms with van der Waals surface area (Å²) in [4.78, 5) is 10.4. The van der Waals surface area contributed by atoms with Gasteiger partial charge in [0, 0.05) is 30.8 Å². The van der Waals surface area contributed by atoms with Gasteiger partial charge in [-0.3, -0.25) is 4.90 Å². The van der Waals surface area contributed by atoms with Crippen LogP contribution in [0.1, 0.15) is 43.6 Å². The van der Waals surface area contributed by atoms with E-state index in [-0.39, 0.29) is 23.7 Å². The largest absolute Gasteiger partial charge is 0.489 e. The molecule has 0 saturated carbocycles. The number of rotatable bonds is 4. The highest BCUT2D eigenvalue weighted by atomic mass is 35.5. The van der Waals surface area contributed by atoms with Gasteiger partial charge in [0.2, 0.25) is 0 Å². The Hall–Kier alpha value is -2.49. The summed E-state index contributed by atoms with van der Waals surface area (Å²) in [7, 11) is 0. The molecule has 0 fully saturated rings. The van der Waals surface area contributed by atoms with Gasteiger partial charge in [-0.1, -0.05) is 11.6 Å². The molecule has 4 rings (SSSR count). The van der Waals surface area contributed by atoms with Crippen molar-refractivity contribution in [3.8, 4) is 5.75 Å². The molecule has 166 valence electrons. The Morgan fingerprint density at radius 2 is 2.13 bits per heavy atom. The maximum Gasteiger partial charge on any atom is 0.164 e. The number of nitrogens with zero attached hydrogens (tertiary/aromatic N) is 5. The van der Waals surface area contributed by atoms with Gasteiger partial charge in [0.15, 0.2) is 5.65 Å². The number of hydrogen-bond acceptors (Lipinski definition) is 7. The van der Waals surface area contributed by atoms with Gasteiger partial charge in [-0.05, 0) is 33.8 Å². The Labute approximate surface area is 184 Å². The molecule has 1 aliphatic heterocycles. The Bertz CT molecular complexity index is 1130. The molecule has 31 heavy (non-hydrogen) atoms. The van der Waals surface area contributed by atoms with Gasteiger partial charge < -0.3 is 15.6 Å². The second-order valence-electron chi connectivity index (χ2n) is 8.20. The number of aliphatic hydroxyl groups is 1. The number of halogens is 2. The van der Waals surface area contributed by atoms with Crippen molar-refractivity contribution in [2.24, 2.45) is 0 Å². The maximum atomic E-state index is 15.1. The number of aliphatic hydroxyl groups excluding tert-OH is 1. The number of nitrogen functional groups attached to an aromatic ring is 1. The van der Waals surface area contributed by atoms with Crippen molar-refractivity contribution < 1.29 is 14.2 Å². The predicted octanol–water partition coefficient (Wildman–Crippen LogP) is 3.08. The van der Waals surface area contributed by atoms with Gasteiger partial charge in [-0.15, -0.1) is 0 Å². The zero-order valence-corrected chi connectivity index (χ0v) is 18.7. The lowest BCUT2D eigenvalue weighted by molar-refractivity contribution is 0.0988. The summed E-state index contributed by atoms with van der Waals surface area (Å²) in [5, 5.41) is 15.2. The quantitative estimate of drug-likeness (QED) is 0.632. The highest BCUT2D eigenvalue weighted by Crippen LogP contribution is 2.40. The molecule has 10 heteroatoms. The molecule has 3 atom stereocenters. The number of hydrogen-bond donors (Lipinski definition) is 2. The van der Waals surface area contributed by atoms with Gasteiger partial charge in [-0.25, -0.2) is 19.0 Å². The molecule has 0 amide bonds. The number of aromatic nitrogens is 4. The van der Waals surface area contributed by atoms with E-state index in [2.05, 4.69) is 15.1 Å². The number of nitrogens with two attached hydrogens (primary N) is 1. The first-order valence-electron chi connectivity index (χ1n) is 10.2. The third-order valence-electron chi connectivity index (χ3n) is 5.54. The summed E-state index contributed by atoms with van der Waals surface area (Å²) < 4.78 is 23.0. The van der Waals surface area contributed by atoms with Crippen LogP contribution in [0.15, 0.2) is 12.4 Å². The number of anilines is 1. The lowest BCUT2D eigenvalue weighted by Crippen LogP contribution is -2.35. The average molecular weight is 449 g/mol. The summed E-state index contributed by atoms with van der Waals surface area (Å²) in [6.45, 7) is 8.65. The lowest BCUT2D eigenvalue weighted by Gasteiger charge is -2.23. The smallest absolute Gasteiger partial charge is 0.164 e. The molecular formula is C21H26ClFN6O2. The standard InChI is InChI=1S/C21H26ClFN6O2/c1-10(30)6-28-7-11(2)31-19-14(5-16(22)18(23)15(19)8-28)13(4)29-21-17(12(3)27-29)20(24)25-9-26-21/h5,9-11,13,30H,6-8H2,1-4H3,(H2,24,25,26)/t10-,11?,13+/m1/s1. The Morgan fingerprint density at radius 1 is 1.39 bits per heavy atom. The van der Waals surface area contributed by atoms with Crippen molar-refractivity contribution in [2.75, 3.05) is 18.8 Å². The first-order chi connectivity index (χ1) is 14.7. The van der Waals surface area contributed by atoms with Crippen molar-refractivity contribution in [1.82, 2.24) is 24.6 Å². The van der Waals surface area contributed by atoms with Crippen molar-refractivity contribution in [3.63, 3.8) is 0 Å². The van der Waals surface area contributed by atoms with Crippen LogP contribution >= 0.6 is 11.6 Å². The van der Waals surface area contributed by atoms with Crippen LogP contribution in [0.3, 0.4) is 0 Å². The molecule has 0 radical (unpaired) electrons. The minimum absolute atomic E-state index is 0.0121. The fourth-order valence-corrected chi connectivity index (χ4v) is 4.48. The highest BCUT2D eigenvalue weighted by Gasteiger charge is 2.30. The second kappa shape index (κ2) is 8.22. The number of ether oxygens (including phenoxy) is 1. The summed E-state index contributed by atoms with van der Waals surface area (Å²) in [5.41, 5.74) is 8.40. The first-order valence-corrected chi connectivity index (χ1v) is 10.6. The fourth-order valence-electron chi connectivity index (χ4n) is 4.25. The molecule has 3 N–H and O–H groups in total. The Balaban J connectivity index is 1.86. The monoisotopic (exact) mass is 448 g/mol. The number of β-amino-alcohol motifs (C(OH)–C–C–N with tert-alkyl or cyclic N) is 1. The summed E-state index contributed by atoms with van der Waals surface area (Å²) in [5.74, 6) is 0.305. The first kappa shape index (κ1) is 21.7. The molecule has 2 aromatic heterocycles. The zero-order chi connectivity index (χ0) is 22.4. The molecule has 0 spiro atoms. The molecule has 0 aliphatic carbocycles. The molecule has 3 aromatic rings. The van der Waals surface area contributed by atoms with E-state index in [1.165, 1.54) is 6.33 Å². The van der Waals surface area contributed by atoms with Crippen LogP contribution in [0.5, 0.6) is 5.75 Å². The van der Waals surface area contributed by atoms with Crippen LogP contribution in [0.4, 0.5) is 10.2 Å². The predicted molar refractivity (Wildman–Crippen MR) is 117 cm³/mol. The van der Waals surface area contributed by atoms with Gasteiger partial charge in [0.05, 0.1) is 28.2 Å². The lowest BCUT2D eigenvalue weighted by atomic mass is 10.0. The normalized spacial score (nSPS) is 19.0. The minimum atomic E-state index is -0.544. The highest BCUT2D eigenvalue weighted by molar-refractivity contribution is 6.31. The Kier molecular flexibility index (Phi) is 5.76. The molecule has 1 aliphatic rings. The third-order valence-corrected chi connectivity index (χ3v) is 5.82. The number of aryl methyl sites for hydroxylation is 1. The molecule has 8 nitrogen and oxygen atoms in total. The molecule has 0 bridgehead atoms. The van der Waals surface area contributed by atoms with Crippen molar-refractivity contribution >= 4 is 28.5 Å². The van der Waals surface area contributed by atoms with Crippen LogP contribution < -0.4 is 10.5 Å². The van der Waals surface area contributed by atoms with Crippen molar-refractivity contribution in [1.29, 1.82) is 0 Å². The van der Waals surface area contributed by atoms with Crippen LogP contribution in [0, 0.1) is 12.7 Å². The third kappa shape index (κ3) is 3.93. The van der Waals surface area contributed by atoms with Crippen LogP contribution in [0.2, 0.25) is 5.02 Å². The van der Waals surface area contributed by atoms with Crippen molar-refractivity contribution in [3.05, 3.63) is 40.1 Å².